The molecule has 5 heteroatoms. The fourth-order valence-electron chi connectivity index (χ4n) is 0.343. The second-order valence-corrected chi connectivity index (χ2v) is 4.93. The second kappa shape index (κ2) is 5.97. The summed E-state index contributed by atoms with van der Waals surface area (Å²) in [6.07, 6.45) is -0.383. The Kier molecular flexibility index (Phi) is 6.11. The molecular weight excluding hydrogens is 266 g/mol. The number of nitrogens with one attached hydrogen (secondary N) is 1. The van der Waals surface area contributed by atoms with Gasteiger partial charge in [-0.1, -0.05) is 31.9 Å². The van der Waals surface area contributed by atoms with E-state index in [4.69, 9.17) is 0 Å². The van der Waals surface area contributed by atoms with Gasteiger partial charge in [0.1, 0.15) is 0 Å². The van der Waals surface area contributed by atoms with Crippen LogP contribution < -0.4 is 5.32 Å². The van der Waals surface area contributed by atoms with Crippen molar-refractivity contribution < 1.29 is 9.53 Å². The molecule has 0 aromatic heterocycles. The summed E-state index contributed by atoms with van der Waals surface area (Å²) in [5.74, 6) is 0. The quantitative estimate of drug-likeness (QED) is 0.798. The van der Waals surface area contributed by atoms with Gasteiger partial charge in [-0.15, -0.1) is 0 Å². The number of ether oxygens (including phenoxy) is 1. The van der Waals surface area contributed by atoms with Crippen molar-refractivity contribution in [3.8, 4) is 0 Å². The highest BCUT2D eigenvalue weighted by molar-refractivity contribution is 9.24. The minimum Gasteiger partial charge on any atom is -0.450 e. The number of alkyl halides is 2. The largest absolute Gasteiger partial charge is 0.450 e. The third-order valence-electron chi connectivity index (χ3n) is 0.676. The molecule has 0 aromatic rings. The third kappa shape index (κ3) is 6.35. The zero-order valence-electron chi connectivity index (χ0n) is 5.56. The number of amides is 1. The molecule has 0 aromatic carbocycles. The monoisotopic (exact) mass is 273 g/mol. The molecule has 0 aliphatic rings. The second-order valence-electron chi connectivity index (χ2n) is 1.49. The first-order chi connectivity index (χ1) is 4.66. The molecule has 0 fully saturated rings. The Morgan fingerprint density at radius 1 is 1.70 bits per heavy atom. The molecule has 3 nitrogen and oxygen atoms in total. The van der Waals surface area contributed by atoms with E-state index in [1.807, 2.05) is 0 Å². The van der Waals surface area contributed by atoms with Crippen LogP contribution in [0.1, 0.15) is 6.92 Å². The molecule has 0 rings (SSSR count). The smallest absolute Gasteiger partial charge is 0.407 e. The Labute approximate surface area is 76.8 Å². The van der Waals surface area contributed by atoms with E-state index in [1.165, 1.54) is 0 Å². The molecule has 60 valence electrons. The molecule has 0 aliphatic heterocycles. The molecule has 0 bridgehead atoms. The van der Waals surface area contributed by atoms with Crippen molar-refractivity contribution in [2.45, 2.75) is 10.7 Å². The standard InChI is InChI=1S/C5H9Br2NO2/c1-2-10-5(9)8-3-4(6)7/h4H,2-3H2,1H3,(H,8,9). The van der Waals surface area contributed by atoms with Crippen LogP contribution in [0.4, 0.5) is 4.79 Å². The Bertz CT molecular complexity index is 108. The first-order valence-corrected chi connectivity index (χ1v) is 4.68. The zero-order valence-corrected chi connectivity index (χ0v) is 8.74. The molecule has 0 radical (unpaired) electrons. The molecule has 1 amide bonds. The highest BCUT2D eigenvalue weighted by atomic mass is 79.9. The molecule has 0 unspecified atom stereocenters. The summed E-state index contributed by atoms with van der Waals surface area (Å²) in [6, 6.07) is 0. The molecular formula is C5H9Br2NO2. The molecule has 0 heterocycles. The Hall–Kier alpha value is 0.230. The van der Waals surface area contributed by atoms with Gasteiger partial charge in [-0.3, -0.25) is 0 Å². The first kappa shape index (κ1) is 10.2. The normalized spacial score (nSPS) is 9.60. The molecule has 1 N–H and O–H groups in total. The van der Waals surface area contributed by atoms with Gasteiger partial charge in [-0.05, 0) is 6.92 Å². The predicted octanol–water partition coefficient (Wildman–Crippen LogP) is 1.85. The summed E-state index contributed by atoms with van der Waals surface area (Å²) in [5.41, 5.74) is 0. The number of rotatable bonds is 3. The number of hydrogen-bond donors (Lipinski definition) is 1. The van der Waals surface area contributed by atoms with E-state index in [2.05, 4.69) is 41.9 Å². The van der Waals surface area contributed by atoms with Gasteiger partial charge in [0.05, 0.1) is 10.3 Å². The van der Waals surface area contributed by atoms with E-state index in [1.54, 1.807) is 6.92 Å². The van der Waals surface area contributed by atoms with Gasteiger partial charge < -0.3 is 10.1 Å². The highest BCUT2D eigenvalue weighted by Gasteiger charge is 2.01. The van der Waals surface area contributed by atoms with E-state index in [-0.39, 0.29) is 9.83 Å². The first-order valence-electron chi connectivity index (χ1n) is 2.85. The van der Waals surface area contributed by atoms with Gasteiger partial charge in [0.15, 0.2) is 0 Å². The van der Waals surface area contributed by atoms with Crippen molar-refractivity contribution in [2.24, 2.45) is 0 Å². The van der Waals surface area contributed by atoms with Crippen LogP contribution in [-0.2, 0) is 4.74 Å². The summed E-state index contributed by atoms with van der Waals surface area (Å²) in [6.45, 7) is 2.68. The average Bonchev–Trinajstić information content (AvgIpc) is 1.85. The summed E-state index contributed by atoms with van der Waals surface area (Å²) in [7, 11) is 0. The lowest BCUT2D eigenvalue weighted by molar-refractivity contribution is 0.153. The van der Waals surface area contributed by atoms with E-state index in [0.717, 1.165) is 0 Å². The lowest BCUT2D eigenvalue weighted by atomic mass is 10.7. The van der Waals surface area contributed by atoms with E-state index < -0.39 is 0 Å². The van der Waals surface area contributed by atoms with Gasteiger partial charge in [0.2, 0.25) is 0 Å². The molecule has 0 atom stereocenters. The van der Waals surface area contributed by atoms with Crippen molar-refractivity contribution in [3.63, 3.8) is 0 Å². The predicted molar refractivity (Wildman–Crippen MR) is 46.7 cm³/mol. The van der Waals surface area contributed by atoms with Crippen LogP contribution in [0, 0.1) is 0 Å². The molecule has 0 saturated carbocycles. The molecule has 10 heavy (non-hydrogen) atoms. The van der Waals surface area contributed by atoms with Crippen molar-refractivity contribution in [2.75, 3.05) is 13.2 Å². The lowest BCUT2D eigenvalue weighted by Crippen LogP contribution is -2.27. The summed E-state index contributed by atoms with van der Waals surface area (Å²) in [4.78, 5) is 10.6. The Morgan fingerprint density at radius 3 is 2.70 bits per heavy atom. The minimum absolute atomic E-state index is 0.101. The van der Waals surface area contributed by atoms with Crippen LogP contribution in [0.15, 0.2) is 0 Å². The van der Waals surface area contributed by atoms with Crippen molar-refractivity contribution in [3.05, 3.63) is 0 Å². The fourth-order valence-corrected chi connectivity index (χ4v) is 0.666. The number of alkyl carbamates (subject to hydrolysis) is 1. The van der Waals surface area contributed by atoms with Crippen LogP contribution in [-0.4, -0.2) is 23.0 Å². The third-order valence-corrected chi connectivity index (χ3v) is 1.32. The van der Waals surface area contributed by atoms with Crippen LogP contribution in [0.3, 0.4) is 0 Å². The van der Waals surface area contributed by atoms with E-state index in [0.29, 0.717) is 13.2 Å². The maximum atomic E-state index is 10.6. The Morgan fingerprint density at radius 2 is 2.30 bits per heavy atom. The molecule has 0 saturated heterocycles. The average molecular weight is 275 g/mol. The van der Waals surface area contributed by atoms with Crippen LogP contribution >= 0.6 is 31.9 Å². The summed E-state index contributed by atoms with van der Waals surface area (Å²) in [5, 5.41) is 2.53. The summed E-state index contributed by atoms with van der Waals surface area (Å²) < 4.78 is 4.70. The van der Waals surface area contributed by atoms with Crippen LogP contribution in [0.2, 0.25) is 0 Å². The van der Waals surface area contributed by atoms with Crippen molar-refractivity contribution in [1.29, 1.82) is 0 Å². The highest BCUT2D eigenvalue weighted by Crippen LogP contribution is 2.04. The van der Waals surface area contributed by atoms with Gasteiger partial charge in [0.25, 0.3) is 0 Å². The number of carbonyl (C=O) groups excluding carboxylic acids is 1. The van der Waals surface area contributed by atoms with Gasteiger partial charge in [-0.25, -0.2) is 4.79 Å². The van der Waals surface area contributed by atoms with Crippen LogP contribution in [0.25, 0.3) is 0 Å². The fraction of sp³-hybridized carbons (Fsp3) is 0.800. The minimum atomic E-state index is -0.383. The van der Waals surface area contributed by atoms with E-state index >= 15 is 0 Å². The number of carbonyl (C=O) groups is 1. The van der Waals surface area contributed by atoms with Crippen molar-refractivity contribution >= 4 is 38.0 Å². The number of halogens is 2. The SMILES string of the molecule is CCOC(=O)NCC(Br)Br. The zero-order chi connectivity index (χ0) is 7.98. The van der Waals surface area contributed by atoms with E-state index in [9.17, 15) is 4.79 Å². The summed E-state index contributed by atoms with van der Waals surface area (Å²) >= 11 is 6.40. The molecule has 0 aliphatic carbocycles. The lowest BCUT2D eigenvalue weighted by Gasteiger charge is -2.04. The van der Waals surface area contributed by atoms with Gasteiger partial charge in [0, 0.05) is 6.54 Å². The maximum absolute atomic E-state index is 10.6. The van der Waals surface area contributed by atoms with Crippen molar-refractivity contribution in [1.82, 2.24) is 5.32 Å². The Balaban J connectivity index is 3.22. The van der Waals surface area contributed by atoms with Crippen LogP contribution in [0.5, 0.6) is 0 Å². The van der Waals surface area contributed by atoms with Gasteiger partial charge in [-0.2, -0.15) is 0 Å². The molecule has 0 spiro atoms. The van der Waals surface area contributed by atoms with Gasteiger partial charge >= 0.3 is 6.09 Å². The topological polar surface area (TPSA) is 38.3 Å². The maximum Gasteiger partial charge on any atom is 0.407 e. The number of hydrogen-bond acceptors (Lipinski definition) is 2.